The monoisotopic (exact) mass is 436 g/mol. The summed E-state index contributed by atoms with van der Waals surface area (Å²) in [6, 6.07) is 11.2. The molecule has 5 rings (SSSR count). The van der Waals surface area contributed by atoms with Crippen LogP contribution in [-0.4, -0.2) is 19.7 Å². The molecule has 0 fully saturated rings. The zero-order valence-corrected chi connectivity index (χ0v) is 17.9. The molecule has 0 aliphatic carbocycles. The molecule has 5 nitrogen and oxygen atoms in total. The normalized spacial score (nSPS) is 12.2. The zero-order valence-electron chi connectivity index (χ0n) is 17.9. The molecular weight excluding hydrogens is 417 g/mol. The average Bonchev–Trinajstić information content (AvgIpc) is 3.26. The highest BCUT2D eigenvalue weighted by atomic mass is 19.4. The molecule has 0 unspecified atom stereocenters. The van der Waals surface area contributed by atoms with Gasteiger partial charge in [0.2, 0.25) is 5.82 Å². The van der Waals surface area contributed by atoms with Crippen molar-refractivity contribution in [1.29, 1.82) is 0 Å². The molecule has 0 N–H and O–H groups in total. The second kappa shape index (κ2) is 6.91. The predicted molar refractivity (Wildman–Crippen MR) is 116 cm³/mol. The van der Waals surface area contributed by atoms with E-state index in [1.165, 1.54) is 7.05 Å². The second-order valence-corrected chi connectivity index (χ2v) is 7.91. The van der Waals surface area contributed by atoms with E-state index in [0.717, 1.165) is 32.2 Å². The topological polar surface area (TPSA) is 56.7 Å². The number of alkyl halides is 3. The first-order valence-corrected chi connectivity index (χ1v) is 10.0. The van der Waals surface area contributed by atoms with Gasteiger partial charge < -0.3 is 9.09 Å². The molecule has 0 spiro atoms. The molecule has 8 heteroatoms. The van der Waals surface area contributed by atoms with Gasteiger partial charge in [0.05, 0.1) is 22.2 Å². The maximum atomic E-state index is 13.7. The van der Waals surface area contributed by atoms with E-state index in [1.54, 1.807) is 19.2 Å². The molecule has 0 amide bonds. The van der Waals surface area contributed by atoms with Gasteiger partial charge in [-0.25, -0.2) is 4.98 Å². The van der Waals surface area contributed by atoms with Gasteiger partial charge in [0.1, 0.15) is 5.76 Å². The number of fused-ring (bicyclic) bond motifs is 2. The summed E-state index contributed by atoms with van der Waals surface area (Å²) in [5.41, 5.74) is 5.96. The third-order valence-corrected chi connectivity index (χ3v) is 5.81. The first kappa shape index (κ1) is 20.2. The van der Waals surface area contributed by atoms with E-state index in [1.807, 2.05) is 44.2 Å². The molecule has 0 aliphatic rings. The lowest BCUT2D eigenvalue weighted by Gasteiger charge is -2.15. The third-order valence-electron chi connectivity index (χ3n) is 5.81. The number of halogens is 3. The van der Waals surface area contributed by atoms with E-state index < -0.39 is 12.0 Å². The number of rotatable bonds is 2. The van der Waals surface area contributed by atoms with Crippen LogP contribution >= 0.6 is 0 Å². The summed E-state index contributed by atoms with van der Waals surface area (Å²) < 4.78 is 47.7. The Balaban J connectivity index is 1.96. The number of hydrogen-bond acceptors (Lipinski definition) is 4. The van der Waals surface area contributed by atoms with Gasteiger partial charge in [-0.2, -0.15) is 13.2 Å². The number of aromatic nitrogens is 4. The zero-order chi connectivity index (χ0) is 22.8. The summed E-state index contributed by atoms with van der Waals surface area (Å²) in [4.78, 5) is 8.41. The van der Waals surface area contributed by atoms with Crippen molar-refractivity contribution in [3.05, 3.63) is 65.4 Å². The van der Waals surface area contributed by atoms with Crippen molar-refractivity contribution in [3.63, 3.8) is 0 Å². The van der Waals surface area contributed by atoms with E-state index in [4.69, 9.17) is 4.52 Å². The van der Waals surface area contributed by atoms with Crippen LogP contribution in [0.5, 0.6) is 0 Å². The van der Waals surface area contributed by atoms with E-state index in [0.29, 0.717) is 28.1 Å². The molecule has 0 atom stereocenters. The summed E-state index contributed by atoms with van der Waals surface area (Å²) in [7, 11) is 1.40. The van der Waals surface area contributed by atoms with Crippen LogP contribution in [0.25, 0.3) is 44.2 Å². The Bertz CT molecular complexity index is 1490. The molecular formula is C24H19F3N4O. The minimum absolute atomic E-state index is 0.257. The molecule has 0 saturated carbocycles. The van der Waals surface area contributed by atoms with E-state index >= 15 is 0 Å². The summed E-state index contributed by atoms with van der Waals surface area (Å²) in [5, 5.41) is 4.87. The first-order chi connectivity index (χ1) is 15.2. The molecule has 162 valence electrons. The Morgan fingerprint density at radius 1 is 0.969 bits per heavy atom. The number of benzene rings is 2. The highest BCUT2D eigenvalue weighted by molar-refractivity contribution is 6.05. The largest absolute Gasteiger partial charge is 0.449 e. The SMILES string of the molecule is Cc1ccc2ncccc2c1-c1cc(-c2c(C)noc2C)cc2nc(C(F)(F)F)n(C)c12. The van der Waals surface area contributed by atoms with Crippen LogP contribution in [-0.2, 0) is 13.2 Å². The molecule has 5 aromatic rings. The standard InChI is InChI=1S/C24H19F3N4O/c1-12-7-8-18-16(6-5-9-28-18)20(12)17-10-15(21-13(2)30-32-14(21)3)11-19-22(17)31(4)23(29-19)24(25,26)27/h5-11H,1-4H3. The van der Waals surface area contributed by atoms with Crippen molar-refractivity contribution in [1.82, 2.24) is 19.7 Å². The molecule has 0 bridgehead atoms. The van der Waals surface area contributed by atoms with Crippen molar-refractivity contribution in [2.24, 2.45) is 7.05 Å². The van der Waals surface area contributed by atoms with Gasteiger partial charge in [0.15, 0.2) is 0 Å². The lowest BCUT2D eigenvalue weighted by atomic mass is 9.91. The Hall–Kier alpha value is -3.68. The summed E-state index contributed by atoms with van der Waals surface area (Å²) in [5.74, 6) is -0.350. The van der Waals surface area contributed by atoms with Crippen LogP contribution < -0.4 is 0 Å². The molecule has 0 aliphatic heterocycles. The van der Waals surface area contributed by atoms with Gasteiger partial charge in [0.25, 0.3) is 0 Å². The van der Waals surface area contributed by atoms with Crippen molar-refractivity contribution in [2.45, 2.75) is 26.9 Å². The van der Waals surface area contributed by atoms with Crippen molar-refractivity contribution < 1.29 is 17.7 Å². The fourth-order valence-corrected chi connectivity index (χ4v) is 4.45. The fourth-order valence-electron chi connectivity index (χ4n) is 4.45. The number of imidazole rings is 1. The summed E-state index contributed by atoms with van der Waals surface area (Å²) >= 11 is 0. The smallest absolute Gasteiger partial charge is 0.361 e. The lowest BCUT2D eigenvalue weighted by Crippen LogP contribution is -2.12. The fraction of sp³-hybridized carbons (Fsp3) is 0.208. The highest BCUT2D eigenvalue weighted by Crippen LogP contribution is 2.42. The van der Waals surface area contributed by atoms with Crippen molar-refractivity contribution >= 4 is 21.9 Å². The van der Waals surface area contributed by atoms with Gasteiger partial charge in [-0.15, -0.1) is 0 Å². The number of pyridine rings is 1. The Morgan fingerprint density at radius 2 is 1.75 bits per heavy atom. The Labute approximate surface area is 181 Å². The molecule has 3 aromatic heterocycles. The molecule has 0 radical (unpaired) electrons. The number of nitrogens with zero attached hydrogens (tertiary/aromatic N) is 4. The van der Waals surface area contributed by atoms with Crippen LogP contribution in [0.4, 0.5) is 13.2 Å². The van der Waals surface area contributed by atoms with Crippen LogP contribution in [0.2, 0.25) is 0 Å². The molecule has 3 heterocycles. The third kappa shape index (κ3) is 2.97. The van der Waals surface area contributed by atoms with Gasteiger partial charge in [-0.05, 0) is 61.7 Å². The quantitative estimate of drug-likeness (QED) is 0.322. The van der Waals surface area contributed by atoms with E-state index in [2.05, 4.69) is 15.1 Å². The molecule has 32 heavy (non-hydrogen) atoms. The number of aryl methyl sites for hydroxylation is 4. The van der Waals surface area contributed by atoms with Crippen LogP contribution in [0.3, 0.4) is 0 Å². The van der Waals surface area contributed by atoms with Gasteiger partial charge in [-0.3, -0.25) is 4.98 Å². The summed E-state index contributed by atoms with van der Waals surface area (Å²) in [6.45, 7) is 5.53. The second-order valence-electron chi connectivity index (χ2n) is 7.91. The van der Waals surface area contributed by atoms with E-state index in [9.17, 15) is 13.2 Å². The maximum absolute atomic E-state index is 13.7. The Kier molecular flexibility index (Phi) is 4.37. The lowest BCUT2D eigenvalue weighted by molar-refractivity contribution is -0.146. The number of hydrogen-bond donors (Lipinski definition) is 0. The predicted octanol–water partition coefficient (Wildman–Crippen LogP) is 6.39. The van der Waals surface area contributed by atoms with Crippen molar-refractivity contribution in [3.8, 4) is 22.3 Å². The average molecular weight is 436 g/mol. The van der Waals surface area contributed by atoms with Gasteiger partial charge in [-0.1, -0.05) is 17.3 Å². The van der Waals surface area contributed by atoms with Crippen molar-refractivity contribution in [2.75, 3.05) is 0 Å². The van der Waals surface area contributed by atoms with Crippen LogP contribution in [0, 0.1) is 20.8 Å². The van der Waals surface area contributed by atoms with Gasteiger partial charge >= 0.3 is 6.18 Å². The Morgan fingerprint density at radius 3 is 2.44 bits per heavy atom. The van der Waals surface area contributed by atoms with Gasteiger partial charge in [0, 0.05) is 29.8 Å². The summed E-state index contributed by atoms with van der Waals surface area (Å²) in [6.07, 6.45) is -2.88. The van der Waals surface area contributed by atoms with E-state index in [-0.39, 0.29) is 5.52 Å². The van der Waals surface area contributed by atoms with Crippen LogP contribution in [0.1, 0.15) is 22.8 Å². The maximum Gasteiger partial charge on any atom is 0.449 e. The highest BCUT2D eigenvalue weighted by Gasteiger charge is 2.37. The molecule has 2 aromatic carbocycles. The minimum Gasteiger partial charge on any atom is -0.361 e. The minimum atomic E-state index is -4.58. The first-order valence-electron chi connectivity index (χ1n) is 10.0. The molecule has 0 saturated heterocycles. The van der Waals surface area contributed by atoms with Crippen LogP contribution in [0.15, 0.2) is 47.1 Å².